The third-order valence-corrected chi connectivity index (χ3v) is 2.96. The highest BCUT2D eigenvalue weighted by atomic mass is 16.5. The first-order chi connectivity index (χ1) is 9.33. The Labute approximate surface area is 110 Å². The number of rotatable bonds is 3. The van der Waals surface area contributed by atoms with E-state index in [0.717, 1.165) is 16.9 Å². The minimum atomic E-state index is 0.686. The fourth-order valence-electron chi connectivity index (χ4n) is 2.02. The van der Waals surface area contributed by atoms with Gasteiger partial charge in [-0.1, -0.05) is 0 Å². The molecule has 0 saturated heterocycles. The second kappa shape index (κ2) is 4.61. The SMILES string of the molecule is COc1ccc(-c2cnc3cccnn23)cc1OC. The molecule has 19 heavy (non-hydrogen) atoms. The van der Waals surface area contributed by atoms with E-state index in [-0.39, 0.29) is 0 Å². The number of methoxy groups -OCH3 is 2. The van der Waals surface area contributed by atoms with E-state index < -0.39 is 0 Å². The number of fused-ring (bicyclic) bond motifs is 1. The van der Waals surface area contributed by atoms with Crippen molar-refractivity contribution in [3.63, 3.8) is 0 Å². The van der Waals surface area contributed by atoms with Crippen LogP contribution in [0.3, 0.4) is 0 Å². The van der Waals surface area contributed by atoms with E-state index in [1.165, 1.54) is 0 Å². The van der Waals surface area contributed by atoms with Gasteiger partial charge in [0.05, 0.1) is 26.1 Å². The van der Waals surface area contributed by atoms with Crippen LogP contribution in [0.2, 0.25) is 0 Å². The third-order valence-electron chi connectivity index (χ3n) is 2.96. The maximum Gasteiger partial charge on any atom is 0.161 e. The van der Waals surface area contributed by atoms with Crippen LogP contribution in [0.25, 0.3) is 16.9 Å². The minimum Gasteiger partial charge on any atom is -0.493 e. The number of benzene rings is 1. The quantitative estimate of drug-likeness (QED) is 0.721. The van der Waals surface area contributed by atoms with Crippen molar-refractivity contribution in [1.82, 2.24) is 14.6 Å². The Morgan fingerprint density at radius 3 is 2.68 bits per heavy atom. The molecule has 3 rings (SSSR count). The lowest BCUT2D eigenvalue weighted by molar-refractivity contribution is 0.355. The van der Waals surface area contributed by atoms with Gasteiger partial charge in [-0.05, 0) is 30.3 Å². The zero-order valence-electron chi connectivity index (χ0n) is 10.7. The molecule has 0 bridgehead atoms. The summed E-state index contributed by atoms with van der Waals surface area (Å²) in [4.78, 5) is 4.32. The van der Waals surface area contributed by atoms with Crippen LogP contribution < -0.4 is 9.47 Å². The third kappa shape index (κ3) is 1.89. The summed E-state index contributed by atoms with van der Waals surface area (Å²) < 4.78 is 12.3. The molecule has 0 N–H and O–H groups in total. The largest absolute Gasteiger partial charge is 0.493 e. The number of hydrogen-bond donors (Lipinski definition) is 0. The van der Waals surface area contributed by atoms with Crippen molar-refractivity contribution in [1.29, 1.82) is 0 Å². The van der Waals surface area contributed by atoms with Crippen LogP contribution in [-0.4, -0.2) is 28.8 Å². The second-order valence-electron chi connectivity index (χ2n) is 4.01. The molecule has 0 aliphatic rings. The Hall–Kier alpha value is -2.56. The van der Waals surface area contributed by atoms with Gasteiger partial charge in [-0.3, -0.25) is 0 Å². The van der Waals surface area contributed by atoms with Gasteiger partial charge >= 0.3 is 0 Å². The number of hydrogen-bond acceptors (Lipinski definition) is 4. The molecule has 3 aromatic rings. The van der Waals surface area contributed by atoms with Crippen molar-refractivity contribution in [3.05, 3.63) is 42.7 Å². The number of nitrogens with zero attached hydrogens (tertiary/aromatic N) is 3. The smallest absolute Gasteiger partial charge is 0.161 e. The lowest BCUT2D eigenvalue weighted by Crippen LogP contribution is -1.94. The molecule has 0 atom stereocenters. The van der Waals surface area contributed by atoms with Crippen LogP contribution >= 0.6 is 0 Å². The van der Waals surface area contributed by atoms with Gasteiger partial charge in [0.15, 0.2) is 17.1 Å². The zero-order valence-corrected chi connectivity index (χ0v) is 10.7. The monoisotopic (exact) mass is 255 g/mol. The molecular weight excluding hydrogens is 242 g/mol. The normalized spacial score (nSPS) is 10.6. The Balaban J connectivity index is 2.16. The lowest BCUT2D eigenvalue weighted by atomic mass is 10.1. The van der Waals surface area contributed by atoms with Gasteiger partial charge in [-0.15, -0.1) is 0 Å². The van der Waals surface area contributed by atoms with Gasteiger partial charge in [0.25, 0.3) is 0 Å². The topological polar surface area (TPSA) is 48.7 Å². The van der Waals surface area contributed by atoms with Crippen LogP contribution in [0, 0.1) is 0 Å². The van der Waals surface area contributed by atoms with Crippen LogP contribution in [0.1, 0.15) is 0 Å². The Bertz CT molecular complexity index is 722. The van der Waals surface area contributed by atoms with Gasteiger partial charge in [-0.25, -0.2) is 9.50 Å². The van der Waals surface area contributed by atoms with E-state index in [2.05, 4.69) is 10.1 Å². The first kappa shape index (κ1) is 11.5. The molecule has 0 amide bonds. The van der Waals surface area contributed by atoms with Crippen molar-refractivity contribution in [3.8, 4) is 22.8 Å². The average Bonchev–Trinajstić information content (AvgIpc) is 2.90. The Kier molecular flexibility index (Phi) is 2.79. The molecule has 1 aromatic carbocycles. The van der Waals surface area contributed by atoms with Crippen molar-refractivity contribution < 1.29 is 9.47 Å². The minimum absolute atomic E-state index is 0.686. The van der Waals surface area contributed by atoms with Crippen molar-refractivity contribution in [2.24, 2.45) is 0 Å². The van der Waals surface area contributed by atoms with Crippen molar-refractivity contribution in [2.75, 3.05) is 14.2 Å². The first-order valence-electron chi connectivity index (χ1n) is 5.84. The summed E-state index contributed by atoms with van der Waals surface area (Å²) in [6.45, 7) is 0. The highest BCUT2D eigenvalue weighted by molar-refractivity contribution is 5.66. The molecule has 0 aliphatic heterocycles. The highest BCUT2D eigenvalue weighted by Crippen LogP contribution is 2.32. The second-order valence-corrected chi connectivity index (χ2v) is 4.01. The summed E-state index contributed by atoms with van der Waals surface area (Å²) in [5, 5.41) is 4.30. The fourth-order valence-corrected chi connectivity index (χ4v) is 2.02. The van der Waals surface area contributed by atoms with Crippen molar-refractivity contribution in [2.45, 2.75) is 0 Å². The first-order valence-corrected chi connectivity index (χ1v) is 5.84. The Morgan fingerprint density at radius 2 is 1.89 bits per heavy atom. The van der Waals surface area contributed by atoms with E-state index >= 15 is 0 Å². The standard InChI is InChI=1S/C14H13N3O2/c1-18-12-6-5-10(8-13(12)19-2)11-9-15-14-4-3-7-16-17(11)14/h3-9H,1-2H3. The van der Waals surface area contributed by atoms with Gasteiger partial charge in [-0.2, -0.15) is 5.10 Å². The number of aromatic nitrogens is 3. The summed E-state index contributed by atoms with van der Waals surface area (Å²) in [6.07, 6.45) is 3.53. The Morgan fingerprint density at radius 1 is 1.05 bits per heavy atom. The van der Waals surface area contributed by atoms with Crippen LogP contribution in [-0.2, 0) is 0 Å². The van der Waals surface area contributed by atoms with Crippen LogP contribution in [0.5, 0.6) is 11.5 Å². The fraction of sp³-hybridized carbons (Fsp3) is 0.143. The molecule has 0 unspecified atom stereocenters. The maximum absolute atomic E-state index is 5.31. The summed E-state index contributed by atoms with van der Waals surface area (Å²) in [7, 11) is 3.24. The predicted octanol–water partition coefficient (Wildman–Crippen LogP) is 2.41. The van der Waals surface area contributed by atoms with E-state index in [1.54, 1.807) is 31.1 Å². The van der Waals surface area contributed by atoms with Gasteiger partial charge in [0, 0.05) is 11.8 Å². The van der Waals surface area contributed by atoms with E-state index in [4.69, 9.17) is 9.47 Å². The number of ether oxygens (including phenoxy) is 2. The van der Waals surface area contributed by atoms with E-state index in [0.29, 0.717) is 11.5 Å². The highest BCUT2D eigenvalue weighted by Gasteiger charge is 2.10. The summed E-state index contributed by atoms with van der Waals surface area (Å²) >= 11 is 0. The zero-order chi connectivity index (χ0) is 13.2. The molecule has 0 spiro atoms. The molecule has 2 heterocycles. The molecule has 5 nitrogen and oxygen atoms in total. The van der Waals surface area contributed by atoms with Crippen LogP contribution in [0.4, 0.5) is 0 Å². The average molecular weight is 255 g/mol. The molecule has 0 saturated carbocycles. The lowest BCUT2D eigenvalue weighted by Gasteiger charge is -2.09. The van der Waals surface area contributed by atoms with Gasteiger partial charge < -0.3 is 9.47 Å². The van der Waals surface area contributed by atoms with Gasteiger partial charge in [0.2, 0.25) is 0 Å². The summed E-state index contributed by atoms with van der Waals surface area (Å²) in [6, 6.07) is 9.52. The molecule has 0 fully saturated rings. The van der Waals surface area contributed by atoms with Gasteiger partial charge in [0.1, 0.15) is 0 Å². The summed E-state index contributed by atoms with van der Waals surface area (Å²) in [5.41, 5.74) is 2.70. The molecular formula is C14H13N3O2. The van der Waals surface area contributed by atoms with Crippen molar-refractivity contribution >= 4 is 5.65 Å². The molecule has 0 radical (unpaired) electrons. The van der Waals surface area contributed by atoms with Crippen LogP contribution in [0.15, 0.2) is 42.7 Å². The predicted molar refractivity (Wildman–Crippen MR) is 71.5 cm³/mol. The van der Waals surface area contributed by atoms with E-state index in [9.17, 15) is 0 Å². The summed E-state index contributed by atoms with van der Waals surface area (Å²) in [5.74, 6) is 1.39. The molecule has 2 aromatic heterocycles. The van der Waals surface area contributed by atoms with E-state index in [1.807, 2.05) is 30.3 Å². The maximum atomic E-state index is 5.31. The number of imidazole rings is 1. The molecule has 0 aliphatic carbocycles. The molecule has 5 heteroatoms. The molecule has 96 valence electrons.